The Bertz CT molecular complexity index is 172. The molecule has 0 aromatic rings. The second-order valence-corrected chi connectivity index (χ2v) is 3.13. The number of amides is 3. The summed E-state index contributed by atoms with van der Waals surface area (Å²) in [6, 6.07) is -0.680. The van der Waals surface area contributed by atoms with Crippen molar-refractivity contribution in [2.45, 2.75) is 40.0 Å². The Labute approximate surface area is 91.8 Å². The maximum absolute atomic E-state index is 10.8. The number of nitrogens with one attached hydrogen (secondary N) is 2. The van der Waals surface area contributed by atoms with E-state index in [0.29, 0.717) is 6.54 Å². The predicted octanol–water partition coefficient (Wildman–Crippen LogP) is 0.987. The van der Waals surface area contributed by atoms with Crippen molar-refractivity contribution >= 4 is 11.9 Å². The van der Waals surface area contributed by atoms with E-state index in [9.17, 15) is 9.59 Å². The molecule has 0 heterocycles. The lowest BCUT2D eigenvalue weighted by atomic mass is 10.3. The molecule has 15 heavy (non-hydrogen) atoms. The molecular formula is C10H23N3O2. The summed E-state index contributed by atoms with van der Waals surface area (Å²) in [5.74, 6) is -0.206. The SMILES string of the molecule is CCC.CCCCNC(=O)CNC(N)=O. The Kier molecular flexibility index (Phi) is 13.7. The van der Waals surface area contributed by atoms with Gasteiger partial charge in [-0.2, -0.15) is 0 Å². The molecule has 0 bridgehead atoms. The van der Waals surface area contributed by atoms with Crippen LogP contribution in [0.4, 0.5) is 4.79 Å². The van der Waals surface area contributed by atoms with Gasteiger partial charge in [-0.1, -0.05) is 33.6 Å². The minimum absolute atomic E-state index is 0.0426. The normalized spacial score (nSPS) is 8.47. The summed E-state index contributed by atoms with van der Waals surface area (Å²) in [7, 11) is 0. The van der Waals surface area contributed by atoms with E-state index in [2.05, 4.69) is 24.5 Å². The van der Waals surface area contributed by atoms with Crippen LogP contribution in [0.1, 0.15) is 40.0 Å². The van der Waals surface area contributed by atoms with Gasteiger partial charge in [-0.3, -0.25) is 4.79 Å². The van der Waals surface area contributed by atoms with Gasteiger partial charge in [-0.05, 0) is 6.42 Å². The van der Waals surface area contributed by atoms with Crippen molar-refractivity contribution in [1.82, 2.24) is 10.6 Å². The minimum Gasteiger partial charge on any atom is -0.355 e. The van der Waals surface area contributed by atoms with E-state index < -0.39 is 6.03 Å². The highest BCUT2D eigenvalue weighted by Gasteiger charge is 1.99. The fourth-order valence-corrected chi connectivity index (χ4v) is 0.634. The van der Waals surface area contributed by atoms with Crippen molar-refractivity contribution < 1.29 is 9.59 Å². The Hall–Kier alpha value is -1.26. The molecule has 0 aliphatic heterocycles. The maximum Gasteiger partial charge on any atom is 0.312 e. The van der Waals surface area contributed by atoms with Crippen molar-refractivity contribution in [2.75, 3.05) is 13.1 Å². The van der Waals surface area contributed by atoms with Gasteiger partial charge in [0.2, 0.25) is 5.91 Å². The number of hydrogen-bond donors (Lipinski definition) is 3. The van der Waals surface area contributed by atoms with Crippen LogP contribution in [0.25, 0.3) is 0 Å². The van der Waals surface area contributed by atoms with Gasteiger partial charge in [0.1, 0.15) is 0 Å². The highest BCUT2D eigenvalue weighted by atomic mass is 16.2. The van der Waals surface area contributed by atoms with Gasteiger partial charge < -0.3 is 16.4 Å². The number of nitrogens with two attached hydrogens (primary N) is 1. The van der Waals surface area contributed by atoms with E-state index in [0.717, 1.165) is 12.8 Å². The first-order valence-corrected chi connectivity index (χ1v) is 5.38. The first-order valence-electron chi connectivity index (χ1n) is 5.38. The van der Waals surface area contributed by atoms with Crippen LogP contribution < -0.4 is 16.4 Å². The predicted molar refractivity (Wildman–Crippen MR) is 61.5 cm³/mol. The summed E-state index contributed by atoms with van der Waals surface area (Å²) in [6.07, 6.45) is 3.23. The molecule has 0 rings (SSSR count). The van der Waals surface area contributed by atoms with E-state index >= 15 is 0 Å². The van der Waals surface area contributed by atoms with Crippen molar-refractivity contribution in [1.29, 1.82) is 0 Å². The molecule has 0 saturated carbocycles. The molecular weight excluding hydrogens is 194 g/mol. The number of carbonyl (C=O) groups is 2. The molecule has 0 saturated heterocycles. The van der Waals surface area contributed by atoms with Crippen molar-refractivity contribution in [3.8, 4) is 0 Å². The molecule has 0 atom stereocenters. The largest absolute Gasteiger partial charge is 0.355 e. The summed E-state index contributed by atoms with van der Waals surface area (Å²) in [5, 5.41) is 4.83. The Balaban J connectivity index is 0. The summed E-state index contributed by atoms with van der Waals surface area (Å²) < 4.78 is 0. The van der Waals surface area contributed by atoms with Crippen LogP contribution in [0, 0.1) is 0 Å². The van der Waals surface area contributed by atoms with E-state index in [-0.39, 0.29) is 12.5 Å². The molecule has 4 N–H and O–H groups in total. The zero-order valence-electron chi connectivity index (χ0n) is 9.93. The van der Waals surface area contributed by atoms with Crippen LogP contribution in [0.15, 0.2) is 0 Å². The molecule has 5 heteroatoms. The molecule has 90 valence electrons. The molecule has 0 radical (unpaired) electrons. The van der Waals surface area contributed by atoms with Crippen molar-refractivity contribution in [2.24, 2.45) is 5.73 Å². The van der Waals surface area contributed by atoms with Gasteiger partial charge in [0.05, 0.1) is 6.54 Å². The average molecular weight is 217 g/mol. The van der Waals surface area contributed by atoms with Gasteiger partial charge in [0.15, 0.2) is 0 Å². The third-order valence-corrected chi connectivity index (χ3v) is 1.28. The standard InChI is InChI=1S/C7H15N3O2.C3H8/c1-2-3-4-9-6(11)5-10-7(8)12;1-3-2/h2-5H2,1H3,(H,9,11)(H3,8,10,12);3H2,1-2H3. The van der Waals surface area contributed by atoms with Gasteiger partial charge in [0.25, 0.3) is 0 Å². The highest BCUT2D eigenvalue weighted by Crippen LogP contribution is 1.81. The molecule has 0 fully saturated rings. The van der Waals surface area contributed by atoms with Crippen LogP contribution in [0.2, 0.25) is 0 Å². The van der Waals surface area contributed by atoms with Gasteiger partial charge in [-0.25, -0.2) is 4.79 Å². The number of carbonyl (C=O) groups excluding carboxylic acids is 2. The van der Waals surface area contributed by atoms with E-state index in [1.807, 2.05) is 6.92 Å². The van der Waals surface area contributed by atoms with Crippen LogP contribution in [0.5, 0.6) is 0 Å². The van der Waals surface area contributed by atoms with Crippen molar-refractivity contribution in [3.63, 3.8) is 0 Å². The van der Waals surface area contributed by atoms with Crippen LogP contribution in [-0.2, 0) is 4.79 Å². The smallest absolute Gasteiger partial charge is 0.312 e. The third-order valence-electron chi connectivity index (χ3n) is 1.28. The van der Waals surface area contributed by atoms with Gasteiger partial charge in [-0.15, -0.1) is 0 Å². The van der Waals surface area contributed by atoms with Crippen LogP contribution in [0.3, 0.4) is 0 Å². The zero-order chi connectivity index (χ0) is 12.1. The Morgan fingerprint density at radius 3 is 2.07 bits per heavy atom. The molecule has 0 aliphatic carbocycles. The van der Waals surface area contributed by atoms with Gasteiger partial charge in [0, 0.05) is 6.54 Å². The summed E-state index contributed by atoms with van der Waals surface area (Å²) in [6.45, 7) is 6.89. The monoisotopic (exact) mass is 217 g/mol. The zero-order valence-corrected chi connectivity index (χ0v) is 9.93. The summed E-state index contributed by atoms with van der Waals surface area (Å²) in [4.78, 5) is 21.0. The first kappa shape index (κ1) is 16.2. The van der Waals surface area contributed by atoms with E-state index in [1.165, 1.54) is 6.42 Å². The Morgan fingerprint density at radius 1 is 1.13 bits per heavy atom. The fraction of sp³-hybridized carbons (Fsp3) is 0.800. The number of urea groups is 1. The maximum atomic E-state index is 10.8. The molecule has 0 spiro atoms. The van der Waals surface area contributed by atoms with Crippen LogP contribution in [-0.4, -0.2) is 25.0 Å². The summed E-state index contributed by atoms with van der Waals surface area (Å²) in [5.41, 5.74) is 4.77. The number of unbranched alkanes of at least 4 members (excludes halogenated alkanes) is 1. The quantitative estimate of drug-likeness (QED) is 0.600. The lowest BCUT2D eigenvalue weighted by molar-refractivity contribution is -0.120. The van der Waals surface area contributed by atoms with E-state index in [1.54, 1.807) is 0 Å². The number of hydrogen-bond acceptors (Lipinski definition) is 2. The molecule has 0 unspecified atom stereocenters. The van der Waals surface area contributed by atoms with E-state index in [4.69, 9.17) is 5.73 Å². The molecule has 0 aromatic carbocycles. The fourth-order valence-electron chi connectivity index (χ4n) is 0.634. The summed E-state index contributed by atoms with van der Waals surface area (Å²) >= 11 is 0. The second-order valence-electron chi connectivity index (χ2n) is 3.13. The molecule has 0 aromatic heterocycles. The Morgan fingerprint density at radius 2 is 1.67 bits per heavy atom. The number of primary amides is 1. The molecule has 3 amide bonds. The third kappa shape index (κ3) is 19.2. The molecule has 5 nitrogen and oxygen atoms in total. The first-order chi connectivity index (χ1) is 7.08. The van der Waals surface area contributed by atoms with Gasteiger partial charge >= 0.3 is 6.03 Å². The molecule has 0 aliphatic rings. The lowest BCUT2D eigenvalue weighted by Gasteiger charge is -2.03. The lowest BCUT2D eigenvalue weighted by Crippen LogP contribution is -2.39. The van der Waals surface area contributed by atoms with Crippen LogP contribution >= 0.6 is 0 Å². The number of rotatable bonds is 5. The highest BCUT2D eigenvalue weighted by molar-refractivity contribution is 5.83. The minimum atomic E-state index is -0.680. The van der Waals surface area contributed by atoms with Crippen molar-refractivity contribution in [3.05, 3.63) is 0 Å². The topological polar surface area (TPSA) is 84.2 Å². The second kappa shape index (κ2) is 12.7. The average Bonchev–Trinajstić information content (AvgIpc) is 2.16.